The molecule has 8 heteroatoms. The van der Waals surface area contributed by atoms with Crippen LogP contribution in [0, 0.1) is 0 Å². The molecule has 8 nitrogen and oxygen atoms in total. The first kappa shape index (κ1) is 12.8. The molecule has 1 N–H and O–H groups in total. The number of nitrogens with one attached hydrogen (secondary N) is 1. The SMILES string of the molecule is CCCCn1c2nc[nH]c2c(=O)n2c(COC)nnc12. The van der Waals surface area contributed by atoms with Crippen molar-refractivity contribution in [1.82, 2.24) is 29.1 Å². The first-order valence-corrected chi connectivity index (χ1v) is 6.56. The summed E-state index contributed by atoms with van der Waals surface area (Å²) in [5, 5.41) is 8.17. The van der Waals surface area contributed by atoms with E-state index in [1.165, 1.54) is 10.7 Å². The van der Waals surface area contributed by atoms with Crippen molar-refractivity contribution < 1.29 is 4.74 Å². The highest BCUT2D eigenvalue weighted by Crippen LogP contribution is 2.12. The molecular formula is C12H16N6O2. The number of rotatable bonds is 5. The van der Waals surface area contributed by atoms with Crippen LogP contribution in [0.1, 0.15) is 25.6 Å². The summed E-state index contributed by atoms with van der Waals surface area (Å²) >= 11 is 0. The predicted molar refractivity (Wildman–Crippen MR) is 72.5 cm³/mol. The van der Waals surface area contributed by atoms with E-state index in [2.05, 4.69) is 27.1 Å². The second-order valence-corrected chi connectivity index (χ2v) is 4.60. The molecule has 0 spiro atoms. The van der Waals surface area contributed by atoms with Crippen molar-refractivity contribution in [3.05, 3.63) is 22.5 Å². The summed E-state index contributed by atoms with van der Waals surface area (Å²) in [5.41, 5.74) is 0.885. The van der Waals surface area contributed by atoms with Crippen molar-refractivity contribution in [3.63, 3.8) is 0 Å². The molecule has 0 saturated carbocycles. The third-order valence-electron chi connectivity index (χ3n) is 3.26. The van der Waals surface area contributed by atoms with Gasteiger partial charge in [0, 0.05) is 13.7 Å². The standard InChI is InChI=1S/C12H16N6O2/c1-3-4-5-17-10-9(13-7-14-10)11(19)18-8(6-20-2)15-16-12(17)18/h7H,3-6H2,1-2H3,(H,13,14). The molecule has 0 aliphatic heterocycles. The van der Waals surface area contributed by atoms with Crippen LogP contribution in [0.25, 0.3) is 16.9 Å². The molecule has 0 bridgehead atoms. The van der Waals surface area contributed by atoms with Gasteiger partial charge in [-0.2, -0.15) is 0 Å². The smallest absolute Gasteiger partial charge is 0.286 e. The lowest BCUT2D eigenvalue weighted by molar-refractivity contribution is 0.176. The average Bonchev–Trinajstić information content (AvgIpc) is 3.07. The summed E-state index contributed by atoms with van der Waals surface area (Å²) in [6.07, 6.45) is 3.55. The molecule has 3 aromatic rings. The number of aromatic amines is 1. The lowest BCUT2D eigenvalue weighted by atomic mass is 10.3. The lowest BCUT2D eigenvalue weighted by Gasteiger charge is -2.08. The van der Waals surface area contributed by atoms with E-state index in [0.717, 1.165) is 19.4 Å². The van der Waals surface area contributed by atoms with Gasteiger partial charge in [-0.15, -0.1) is 10.2 Å². The number of unbranched alkanes of at least 4 members (excludes halogenated alkanes) is 1. The molecule has 0 radical (unpaired) electrons. The number of imidazole rings is 1. The minimum Gasteiger partial charge on any atom is -0.377 e. The molecule has 0 amide bonds. The Hall–Kier alpha value is -2.22. The summed E-state index contributed by atoms with van der Waals surface area (Å²) in [6.45, 7) is 3.10. The van der Waals surface area contributed by atoms with Crippen molar-refractivity contribution in [2.45, 2.75) is 32.9 Å². The van der Waals surface area contributed by atoms with Crippen LogP contribution in [0.3, 0.4) is 0 Å². The molecule has 3 heterocycles. The first-order chi connectivity index (χ1) is 9.77. The molecule has 20 heavy (non-hydrogen) atoms. The van der Waals surface area contributed by atoms with Gasteiger partial charge in [-0.1, -0.05) is 13.3 Å². The Morgan fingerprint density at radius 2 is 2.25 bits per heavy atom. The number of aromatic nitrogens is 6. The highest BCUT2D eigenvalue weighted by molar-refractivity contribution is 5.72. The van der Waals surface area contributed by atoms with Crippen molar-refractivity contribution in [2.24, 2.45) is 0 Å². The number of hydrogen-bond donors (Lipinski definition) is 1. The Labute approximate surface area is 114 Å². The fourth-order valence-electron chi connectivity index (χ4n) is 2.29. The summed E-state index contributed by atoms with van der Waals surface area (Å²) in [6, 6.07) is 0. The monoisotopic (exact) mass is 276 g/mol. The van der Waals surface area contributed by atoms with Crippen LogP contribution in [0.2, 0.25) is 0 Å². The van der Waals surface area contributed by atoms with Crippen LogP contribution in [0.4, 0.5) is 0 Å². The van der Waals surface area contributed by atoms with Crippen LogP contribution in [0.15, 0.2) is 11.1 Å². The fourth-order valence-corrected chi connectivity index (χ4v) is 2.29. The Kier molecular flexibility index (Phi) is 3.23. The van der Waals surface area contributed by atoms with Gasteiger partial charge in [0.15, 0.2) is 11.5 Å². The molecule has 3 rings (SSSR count). The molecule has 0 atom stereocenters. The lowest BCUT2D eigenvalue weighted by Crippen LogP contribution is -2.21. The predicted octanol–water partition coefficient (Wildman–Crippen LogP) is 0.714. The Bertz CT molecular complexity index is 799. The van der Waals surface area contributed by atoms with Crippen LogP contribution in [-0.2, 0) is 17.9 Å². The van der Waals surface area contributed by atoms with E-state index in [4.69, 9.17) is 4.74 Å². The van der Waals surface area contributed by atoms with Gasteiger partial charge in [0.2, 0.25) is 5.78 Å². The Morgan fingerprint density at radius 3 is 3.00 bits per heavy atom. The zero-order valence-electron chi connectivity index (χ0n) is 11.5. The Balaban J connectivity index is 2.34. The van der Waals surface area contributed by atoms with Crippen molar-refractivity contribution >= 4 is 16.9 Å². The van der Waals surface area contributed by atoms with E-state index in [0.29, 0.717) is 22.8 Å². The van der Waals surface area contributed by atoms with Crippen LogP contribution in [0.5, 0.6) is 0 Å². The summed E-state index contributed by atoms with van der Waals surface area (Å²) in [4.78, 5) is 19.6. The van der Waals surface area contributed by atoms with Gasteiger partial charge in [-0.05, 0) is 6.42 Å². The second kappa shape index (κ2) is 5.04. The average molecular weight is 276 g/mol. The summed E-state index contributed by atoms with van der Waals surface area (Å²) in [7, 11) is 1.56. The van der Waals surface area contributed by atoms with Gasteiger partial charge in [0.25, 0.3) is 5.56 Å². The van der Waals surface area contributed by atoms with E-state index in [1.54, 1.807) is 7.11 Å². The number of fused-ring (bicyclic) bond motifs is 2. The minimum absolute atomic E-state index is 0.197. The maximum absolute atomic E-state index is 12.5. The van der Waals surface area contributed by atoms with E-state index < -0.39 is 0 Å². The van der Waals surface area contributed by atoms with E-state index in [-0.39, 0.29) is 12.2 Å². The fraction of sp³-hybridized carbons (Fsp3) is 0.500. The van der Waals surface area contributed by atoms with Crippen molar-refractivity contribution in [1.29, 1.82) is 0 Å². The van der Waals surface area contributed by atoms with Gasteiger partial charge in [-0.25, -0.2) is 9.38 Å². The maximum Gasteiger partial charge on any atom is 0.286 e. The molecule has 0 unspecified atom stereocenters. The topological polar surface area (TPSA) is 90.1 Å². The highest BCUT2D eigenvalue weighted by Gasteiger charge is 2.17. The molecular weight excluding hydrogens is 260 g/mol. The summed E-state index contributed by atoms with van der Waals surface area (Å²) < 4.78 is 8.47. The van der Waals surface area contributed by atoms with Gasteiger partial charge in [0.05, 0.1) is 6.33 Å². The maximum atomic E-state index is 12.5. The molecule has 0 aliphatic carbocycles. The third kappa shape index (κ3) is 1.80. The minimum atomic E-state index is -0.197. The van der Waals surface area contributed by atoms with Gasteiger partial charge in [-0.3, -0.25) is 9.36 Å². The van der Waals surface area contributed by atoms with Crippen LogP contribution < -0.4 is 5.56 Å². The van der Waals surface area contributed by atoms with E-state index in [1.807, 2.05) is 4.57 Å². The second-order valence-electron chi connectivity index (χ2n) is 4.60. The zero-order chi connectivity index (χ0) is 14.1. The highest BCUT2D eigenvalue weighted by atomic mass is 16.5. The van der Waals surface area contributed by atoms with Gasteiger partial charge < -0.3 is 9.72 Å². The normalized spacial score (nSPS) is 11.7. The van der Waals surface area contributed by atoms with Crippen LogP contribution in [-0.4, -0.2) is 36.2 Å². The largest absolute Gasteiger partial charge is 0.377 e. The number of ether oxygens (including phenoxy) is 1. The molecule has 0 aromatic carbocycles. The number of nitrogens with zero attached hydrogens (tertiary/aromatic N) is 5. The van der Waals surface area contributed by atoms with Gasteiger partial charge in [0.1, 0.15) is 12.1 Å². The van der Waals surface area contributed by atoms with E-state index >= 15 is 0 Å². The number of hydrogen-bond acceptors (Lipinski definition) is 5. The quantitative estimate of drug-likeness (QED) is 0.741. The third-order valence-corrected chi connectivity index (χ3v) is 3.26. The number of aryl methyl sites for hydroxylation is 1. The van der Waals surface area contributed by atoms with Crippen molar-refractivity contribution in [2.75, 3.05) is 7.11 Å². The molecule has 0 fully saturated rings. The van der Waals surface area contributed by atoms with Gasteiger partial charge >= 0.3 is 0 Å². The molecule has 106 valence electrons. The zero-order valence-corrected chi connectivity index (χ0v) is 11.5. The number of H-pyrrole nitrogens is 1. The first-order valence-electron chi connectivity index (χ1n) is 6.56. The summed E-state index contributed by atoms with van der Waals surface area (Å²) in [5.74, 6) is 1.00. The molecule has 0 aliphatic rings. The van der Waals surface area contributed by atoms with Crippen molar-refractivity contribution in [3.8, 4) is 0 Å². The van der Waals surface area contributed by atoms with Crippen LogP contribution >= 0.6 is 0 Å². The molecule has 3 aromatic heterocycles. The molecule has 0 saturated heterocycles. The van der Waals surface area contributed by atoms with E-state index in [9.17, 15) is 4.79 Å². The number of methoxy groups -OCH3 is 1. The Morgan fingerprint density at radius 1 is 1.40 bits per heavy atom.